The average Bonchev–Trinajstić information content (AvgIpc) is 0. The monoisotopic (exact) mass is 451 g/mol. The molecule has 0 N–H and O–H groups in total. The van der Waals surface area contributed by atoms with Crippen LogP contribution in [0.4, 0.5) is 0 Å². The Morgan fingerprint density at radius 3 is 0.500 bits per heavy atom. The summed E-state index contributed by atoms with van der Waals surface area (Å²) < 4.78 is 0. The molecule has 0 aliphatic heterocycles. The van der Waals surface area contributed by atoms with Gasteiger partial charge >= 0.3 is 103 Å². The SMILES string of the molecule is [La+3].[Nd+3].[O-2].[O-2].[O-2].[O-2].[O-2].[Zr+4]. The van der Waals surface area contributed by atoms with E-state index >= 15 is 0 Å². The smallest absolute Gasteiger partial charge is 2.00 e. The molecule has 0 atom stereocenters. The van der Waals surface area contributed by atoms with Crippen LogP contribution in [0.3, 0.4) is 0 Å². The van der Waals surface area contributed by atoms with Gasteiger partial charge < -0.3 is 27.4 Å². The maximum Gasteiger partial charge on any atom is 4.00 e. The molecule has 0 bridgehead atoms. The van der Waals surface area contributed by atoms with Gasteiger partial charge in [-0.05, 0) is 0 Å². The second-order valence-electron chi connectivity index (χ2n) is 0. The first-order valence-corrected chi connectivity index (χ1v) is 0. The quantitative estimate of drug-likeness (QED) is 0.461. The number of rotatable bonds is 0. The fraction of sp³-hybridized carbons (Fsp3) is 0. The molecule has 0 rings (SSSR count). The molecular weight excluding hydrogens is 454 g/mol. The van der Waals surface area contributed by atoms with E-state index in [9.17, 15) is 0 Å². The minimum absolute atomic E-state index is 0. The number of hydrogen-bond donors (Lipinski definition) is 0. The Kier molecular flexibility index (Phi) is 1180. The van der Waals surface area contributed by atoms with Crippen LogP contribution in [0.1, 0.15) is 0 Å². The van der Waals surface area contributed by atoms with E-state index in [1.54, 1.807) is 0 Å². The van der Waals surface area contributed by atoms with Crippen molar-refractivity contribution in [1.29, 1.82) is 0 Å². The van der Waals surface area contributed by atoms with E-state index in [4.69, 9.17) is 0 Å². The summed E-state index contributed by atoms with van der Waals surface area (Å²) in [6.07, 6.45) is 0. The molecular formula is LaNdO5Zr. The Balaban J connectivity index is 0. The summed E-state index contributed by atoms with van der Waals surface area (Å²) in [5.41, 5.74) is 0. The topological polar surface area (TPSA) is 142 Å². The molecule has 0 unspecified atom stereocenters. The van der Waals surface area contributed by atoms with E-state index in [-0.39, 0.29) is 130 Å². The van der Waals surface area contributed by atoms with Gasteiger partial charge in [0.2, 0.25) is 0 Å². The fourth-order valence-electron chi connectivity index (χ4n) is 0. The third kappa shape index (κ3) is 59.9. The van der Waals surface area contributed by atoms with Crippen molar-refractivity contribution in [3.63, 3.8) is 0 Å². The van der Waals surface area contributed by atoms with Gasteiger partial charge in [-0.3, -0.25) is 0 Å². The molecule has 0 spiro atoms. The second-order valence-corrected chi connectivity index (χ2v) is 0. The van der Waals surface area contributed by atoms with Crippen molar-refractivity contribution in [2.24, 2.45) is 0 Å². The zero-order valence-corrected chi connectivity index (χ0v) is 12.9. The first-order valence-electron chi connectivity index (χ1n) is 0. The van der Waals surface area contributed by atoms with Crippen LogP contribution < -0.4 is 0 Å². The zero-order chi connectivity index (χ0) is 0. The van der Waals surface area contributed by atoms with Gasteiger partial charge in [0.1, 0.15) is 0 Å². The molecule has 0 aromatic rings. The van der Waals surface area contributed by atoms with Crippen molar-refractivity contribution in [2.75, 3.05) is 0 Å². The summed E-state index contributed by atoms with van der Waals surface area (Å²) in [5.74, 6) is 0. The van der Waals surface area contributed by atoms with Gasteiger partial charge in [0.25, 0.3) is 0 Å². The van der Waals surface area contributed by atoms with Crippen molar-refractivity contribution >= 4 is 0 Å². The Morgan fingerprint density at radius 1 is 0.500 bits per heavy atom. The van der Waals surface area contributed by atoms with Gasteiger partial charge in [-0.2, -0.15) is 0 Å². The molecule has 8 heavy (non-hydrogen) atoms. The Bertz CT molecular complexity index is 12.4. The molecule has 0 heterocycles. The maximum atomic E-state index is 0. The second kappa shape index (κ2) is 83.6. The van der Waals surface area contributed by atoms with E-state index in [1.165, 1.54) is 0 Å². The normalized spacial score (nSPS) is 0. The molecule has 0 aliphatic carbocycles. The van der Waals surface area contributed by atoms with Crippen molar-refractivity contribution in [3.8, 4) is 0 Å². The van der Waals surface area contributed by atoms with Crippen LogP contribution >= 0.6 is 0 Å². The van der Waals surface area contributed by atoms with Crippen LogP contribution in [0.15, 0.2) is 0 Å². The predicted molar refractivity (Wildman–Crippen MR) is 3.43 cm³/mol. The van der Waals surface area contributed by atoms with E-state index in [0.29, 0.717) is 0 Å². The largest absolute Gasteiger partial charge is 4.00 e. The van der Waals surface area contributed by atoms with E-state index < -0.39 is 0 Å². The maximum absolute atomic E-state index is 0. The molecule has 0 aromatic carbocycles. The first-order chi connectivity index (χ1) is 0. The van der Waals surface area contributed by atoms with Crippen LogP contribution in [0.25, 0.3) is 0 Å². The minimum atomic E-state index is 0. The Hall–Kier alpha value is 3.23. The van der Waals surface area contributed by atoms with Crippen molar-refractivity contribution in [2.45, 2.75) is 0 Å². The third-order valence-electron chi connectivity index (χ3n) is 0. The molecule has 1 radical (unpaired) electrons. The fourth-order valence-corrected chi connectivity index (χ4v) is 0. The summed E-state index contributed by atoms with van der Waals surface area (Å²) in [6.45, 7) is 0. The predicted octanol–water partition coefficient (Wildman–Crippen LogP) is -0.596. The van der Waals surface area contributed by atoms with Gasteiger partial charge in [-0.15, -0.1) is 0 Å². The van der Waals surface area contributed by atoms with Gasteiger partial charge in [-0.25, -0.2) is 0 Å². The van der Waals surface area contributed by atoms with Crippen LogP contribution in [0.2, 0.25) is 0 Å². The summed E-state index contributed by atoms with van der Waals surface area (Å²) in [5, 5.41) is 0. The minimum Gasteiger partial charge on any atom is -2.00 e. The van der Waals surface area contributed by atoms with E-state index in [2.05, 4.69) is 0 Å². The summed E-state index contributed by atoms with van der Waals surface area (Å²) in [7, 11) is 0. The molecule has 0 fully saturated rings. The van der Waals surface area contributed by atoms with E-state index in [1.807, 2.05) is 0 Å². The van der Waals surface area contributed by atoms with Gasteiger partial charge in [-0.1, -0.05) is 0 Å². The Labute approximate surface area is 127 Å². The van der Waals surface area contributed by atoms with Crippen LogP contribution in [0, 0.1) is 76.4 Å². The van der Waals surface area contributed by atoms with Crippen LogP contribution in [-0.2, 0) is 53.6 Å². The Morgan fingerprint density at radius 2 is 0.500 bits per heavy atom. The zero-order valence-electron chi connectivity index (χ0n) is 3.62. The average molecular weight is 454 g/mol. The molecule has 0 aliphatic rings. The summed E-state index contributed by atoms with van der Waals surface area (Å²) in [4.78, 5) is 0. The third-order valence-corrected chi connectivity index (χ3v) is 0. The van der Waals surface area contributed by atoms with Crippen LogP contribution in [-0.4, -0.2) is 0 Å². The molecule has 0 saturated heterocycles. The molecule has 0 saturated carbocycles. The number of hydrogen-bond acceptors (Lipinski definition) is 0. The summed E-state index contributed by atoms with van der Waals surface area (Å²) >= 11 is 0. The van der Waals surface area contributed by atoms with Crippen molar-refractivity contribution < 1.29 is 130 Å². The van der Waals surface area contributed by atoms with Gasteiger partial charge in [0.05, 0.1) is 0 Å². The standard InChI is InChI=1S/La.Nd.5O.Zr/q2*+3;5*-2;+4. The van der Waals surface area contributed by atoms with E-state index in [0.717, 1.165) is 0 Å². The molecule has 8 heteroatoms. The van der Waals surface area contributed by atoms with Crippen molar-refractivity contribution in [3.05, 3.63) is 0 Å². The van der Waals surface area contributed by atoms with Crippen LogP contribution in [0.5, 0.6) is 0 Å². The molecule has 0 aromatic heterocycles. The van der Waals surface area contributed by atoms with Crippen molar-refractivity contribution in [1.82, 2.24) is 0 Å². The molecule has 5 nitrogen and oxygen atoms in total. The summed E-state index contributed by atoms with van der Waals surface area (Å²) in [6, 6.07) is 0. The van der Waals surface area contributed by atoms with Gasteiger partial charge in [0.15, 0.2) is 0 Å². The molecule has 41 valence electrons. The first kappa shape index (κ1) is 113. The van der Waals surface area contributed by atoms with Gasteiger partial charge in [0, 0.05) is 0 Å². The molecule has 0 amide bonds.